The Balaban J connectivity index is 4.32. The number of esters is 3. The van der Waals surface area contributed by atoms with Crippen LogP contribution in [0.2, 0.25) is 0 Å². The van der Waals surface area contributed by atoms with Gasteiger partial charge in [0.15, 0.2) is 6.10 Å². The summed E-state index contributed by atoms with van der Waals surface area (Å²) < 4.78 is 17.1. The Labute approximate surface area is 518 Å². The number of hydrogen-bond donors (Lipinski definition) is 0. The summed E-state index contributed by atoms with van der Waals surface area (Å²) >= 11 is 0. The predicted molar refractivity (Wildman–Crippen MR) is 362 cm³/mol. The second-order valence-electron chi connectivity index (χ2n) is 25.6. The summed E-state index contributed by atoms with van der Waals surface area (Å²) in [5.41, 5.74) is 0. The van der Waals surface area contributed by atoms with Crippen LogP contribution in [-0.2, 0) is 28.6 Å². The van der Waals surface area contributed by atoms with Crippen LogP contribution in [0.3, 0.4) is 0 Å². The smallest absolute Gasteiger partial charge is 0.306 e. The quantitative estimate of drug-likeness (QED) is 0.0261. The number of ether oxygens (including phenoxy) is 3. The molecule has 488 valence electrons. The van der Waals surface area contributed by atoms with Crippen LogP contribution >= 0.6 is 0 Å². The molecule has 0 rings (SSSR count). The monoisotopic (exact) mass is 1170 g/mol. The lowest BCUT2D eigenvalue weighted by Crippen LogP contribution is -2.30. The van der Waals surface area contributed by atoms with E-state index >= 15 is 0 Å². The van der Waals surface area contributed by atoms with E-state index in [4.69, 9.17) is 14.2 Å². The van der Waals surface area contributed by atoms with Gasteiger partial charge in [0, 0.05) is 19.3 Å². The Morgan fingerprint density at radius 2 is 0.434 bits per heavy atom. The van der Waals surface area contributed by atoms with Crippen LogP contribution in [0.1, 0.15) is 419 Å². The molecule has 0 aliphatic heterocycles. The number of hydrogen-bond acceptors (Lipinski definition) is 6. The van der Waals surface area contributed by atoms with Crippen molar-refractivity contribution in [3.05, 3.63) is 36.5 Å². The number of allylic oxidation sites excluding steroid dienone is 6. The fourth-order valence-electron chi connectivity index (χ4n) is 11.5. The third-order valence-electron chi connectivity index (χ3n) is 17.1. The van der Waals surface area contributed by atoms with E-state index in [2.05, 4.69) is 57.2 Å². The fraction of sp³-hybridized carbons (Fsp3) is 0.883. The number of carbonyl (C=O) groups is 3. The van der Waals surface area contributed by atoms with Gasteiger partial charge in [-0.15, -0.1) is 0 Å². The van der Waals surface area contributed by atoms with E-state index in [0.717, 1.165) is 77.0 Å². The van der Waals surface area contributed by atoms with Crippen molar-refractivity contribution >= 4 is 17.9 Å². The van der Waals surface area contributed by atoms with Crippen LogP contribution in [0.15, 0.2) is 36.5 Å². The normalized spacial score (nSPS) is 12.2. The van der Waals surface area contributed by atoms with E-state index in [-0.39, 0.29) is 31.1 Å². The lowest BCUT2D eigenvalue weighted by Gasteiger charge is -2.18. The molecule has 83 heavy (non-hydrogen) atoms. The van der Waals surface area contributed by atoms with Crippen molar-refractivity contribution in [3.8, 4) is 0 Å². The molecular formula is C77H144O6. The summed E-state index contributed by atoms with van der Waals surface area (Å²) in [6, 6.07) is 0. The molecule has 0 bridgehead atoms. The van der Waals surface area contributed by atoms with Gasteiger partial charge in [0.1, 0.15) is 13.2 Å². The molecule has 1 atom stereocenters. The van der Waals surface area contributed by atoms with Crippen LogP contribution < -0.4 is 0 Å². The van der Waals surface area contributed by atoms with E-state index in [9.17, 15) is 14.4 Å². The van der Waals surface area contributed by atoms with Gasteiger partial charge in [-0.1, -0.05) is 378 Å². The van der Waals surface area contributed by atoms with E-state index in [1.54, 1.807) is 0 Å². The van der Waals surface area contributed by atoms with Gasteiger partial charge in [-0.2, -0.15) is 0 Å². The van der Waals surface area contributed by atoms with Crippen molar-refractivity contribution in [3.63, 3.8) is 0 Å². The van der Waals surface area contributed by atoms with Crippen molar-refractivity contribution in [2.24, 2.45) is 0 Å². The minimum atomic E-state index is -0.774. The molecule has 6 nitrogen and oxygen atoms in total. The minimum Gasteiger partial charge on any atom is -0.462 e. The molecular weight excluding hydrogens is 1020 g/mol. The molecule has 0 saturated heterocycles. The van der Waals surface area contributed by atoms with Crippen LogP contribution in [-0.4, -0.2) is 37.2 Å². The lowest BCUT2D eigenvalue weighted by molar-refractivity contribution is -0.167. The first-order valence-corrected chi connectivity index (χ1v) is 37.5. The molecule has 6 heteroatoms. The molecule has 0 aliphatic rings. The van der Waals surface area contributed by atoms with E-state index < -0.39 is 6.10 Å². The third kappa shape index (κ3) is 70.3. The van der Waals surface area contributed by atoms with Crippen LogP contribution in [0.25, 0.3) is 0 Å². The Bertz CT molecular complexity index is 1380. The molecule has 0 aromatic heterocycles. The van der Waals surface area contributed by atoms with Crippen molar-refractivity contribution < 1.29 is 28.6 Å². The van der Waals surface area contributed by atoms with Crippen LogP contribution in [0, 0.1) is 0 Å². The van der Waals surface area contributed by atoms with Crippen LogP contribution in [0.4, 0.5) is 0 Å². The summed E-state index contributed by atoms with van der Waals surface area (Å²) in [7, 11) is 0. The van der Waals surface area contributed by atoms with E-state index in [1.165, 1.54) is 302 Å². The molecule has 0 aromatic rings. The molecule has 0 heterocycles. The maximum absolute atomic E-state index is 13.0. The highest BCUT2D eigenvalue weighted by Gasteiger charge is 2.20. The second-order valence-corrected chi connectivity index (χ2v) is 25.6. The fourth-order valence-corrected chi connectivity index (χ4v) is 11.5. The second kappa shape index (κ2) is 72.1. The van der Waals surface area contributed by atoms with Gasteiger partial charge < -0.3 is 14.2 Å². The molecule has 0 spiro atoms. The summed E-state index contributed by atoms with van der Waals surface area (Å²) in [5.74, 6) is -0.840. The Hall–Kier alpha value is -2.37. The molecule has 0 fully saturated rings. The van der Waals surface area contributed by atoms with Crippen molar-refractivity contribution in [2.45, 2.75) is 425 Å². The van der Waals surface area contributed by atoms with Crippen LogP contribution in [0.5, 0.6) is 0 Å². The standard InChI is InChI=1S/C77H144O6/c1-4-7-10-13-16-19-22-25-28-31-34-36-38-40-43-46-49-52-55-58-61-64-67-70-76(79)82-73-74(72-81-75(78)69-66-63-60-57-54-51-48-45-42-33-30-27-24-21-18-15-12-9-6-3)83-77(80)71-68-65-62-59-56-53-50-47-44-41-39-37-35-32-29-26-23-20-17-14-11-8-5-2/h22,25,31,34,38,40,74H,4-21,23-24,26-30,32-33,35-37,39,41-73H2,1-3H3/b25-22-,34-31-,40-38-. The minimum absolute atomic E-state index is 0.0680. The maximum atomic E-state index is 13.0. The number of unbranched alkanes of at least 4 members (excludes halogenated alkanes) is 53. The largest absolute Gasteiger partial charge is 0.462 e. The highest BCUT2D eigenvalue weighted by Crippen LogP contribution is 2.19. The molecule has 0 amide bonds. The Kier molecular flexibility index (Phi) is 70.0. The third-order valence-corrected chi connectivity index (χ3v) is 17.1. The van der Waals surface area contributed by atoms with Gasteiger partial charge >= 0.3 is 17.9 Å². The van der Waals surface area contributed by atoms with Gasteiger partial charge in [0.2, 0.25) is 0 Å². The first-order valence-electron chi connectivity index (χ1n) is 37.5. The van der Waals surface area contributed by atoms with E-state index in [1.807, 2.05) is 0 Å². The number of carbonyl (C=O) groups excluding carboxylic acids is 3. The topological polar surface area (TPSA) is 78.9 Å². The molecule has 0 N–H and O–H groups in total. The zero-order chi connectivity index (χ0) is 59.9. The summed E-state index contributed by atoms with van der Waals surface area (Å²) in [6.07, 6.45) is 90.3. The van der Waals surface area contributed by atoms with Crippen molar-refractivity contribution in [1.82, 2.24) is 0 Å². The van der Waals surface area contributed by atoms with Gasteiger partial charge in [-0.3, -0.25) is 14.4 Å². The first kappa shape index (κ1) is 80.6. The molecule has 0 radical (unpaired) electrons. The average Bonchev–Trinajstić information content (AvgIpc) is 3.49. The van der Waals surface area contributed by atoms with Crippen molar-refractivity contribution in [2.75, 3.05) is 13.2 Å². The number of rotatable bonds is 70. The summed E-state index contributed by atoms with van der Waals surface area (Å²) in [5, 5.41) is 0. The predicted octanol–water partition coefficient (Wildman–Crippen LogP) is 25.9. The molecule has 0 saturated carbocycles. The average molecular weight is 1170 g/mol. The Morgan fingerprint density at radius 1 is 0.241 bits per heavy atom. The Morgan fingerprint density at radius 3 is 0.675 bits per heavy atom. The van der Waals surface area contributed by atoms with Gasteiger partial charge in [0.25, 0.3) is 0 Å². The SMILES string of the molecule is CCCCCCC/C=C\C/C=C\C/C=C\CCCCCCCCCCC(=O)OCC(COC(=O)CCCCCCCCCCCCCCCCCCCCC)OC(=O)CCCCCCCCCCCCCCCCCCCCCCCCC. The maximum Gasteiger partial charge on any atom is 0.306 e. The van der Waals surface area contributed by atoms with Gasteiger partial charge in [-0.25, -0.2) is 0 Å². The van der Waals surface area contributed by atoms with Gasteiger partial charge in [0.05, 0.1) is 0 Å². The molecule has 1 unspecified atom stereocenters. The zero-order valence-corrected chi connectivity index (χ0v) is 56.2. The zero-order valence-electron chi connectivity index (χ0n) is 56.2. The van der Waals surface area contributed by atoms with E-state index in [0.29, 0.717) is 19.3 Å². The first-order chi connectivity index (χ1) is 41.0. The lowest BCUT2D eigenvalue weighted by atomic mass is 10.0. The summed E-state index contributed by atoms with van der Waals surface area (Å²) in [4.78, 5) is 38.6. The summed E-state index contributed by atoms with van der Waals surface area (Å²) in [6.45, 7) is 6.72. The molecule has 0 aromatic carbocycles. The molecule has 0 aliphatic carbocycles. The van der Waals surface area contributed by atoms with Gasteiger partial charge in [-0.05, 0) is 57.8 Å². The highest BCUT2D eigenvalue weighted by atomic mass is 16.6. The van der Waals surface area contributed by atoms with Crippen molar-refractivity contribution in [1.29, 1.82) is 0 Å². The highest BCUT2D eigenvalue weighted by molar-refractivity contribution is 5.71.